The minimum absolute atomic E-state index is 0.614. The molecule has 3 heteroatoms. The first-order valence-corrected chi connectivity index (χ1v) is 5.42. The van der Waals surface area contributed by atoms with Crippen molar-refractivity contribution in [2.75, 3.05) is 13.1 Å². The van der Waals surface area contributed by atoms with E-state index >= 15 is 0 Å². The molecule has 0 radical (unpaired) electrons. The third-order valence-corrected chi connectivity index (χ3v) is 3.45. The zero-order valence-corrected chi connectivity index (χ0v) is 8.27. The van der Waals surface area contributed by atoms with Gasteiger partial charge in [0.25, 0.3) is 0 Å². The Hall–Kier alpha value is -0.800. The molecular formula is C11H16N2O. The average Bonchev–Trinajstić information content (AvgIpc) is 2.57. The summed E-state index contributed by atoms with van der Waals surface area (Å²) in [4.78, 5) is 3.39. The predicted octanol–water partition coefficient (Wildman–Crippen LogP) is 0.684. The van der Waals surface area contributed by atoms with Crippen molar-refractivity contribution in [1.82, 2.24) is 10.3 Å². The highest BCUT2D eigenvalue weighted by Crippen LogP contribution is 2.29. The van der Waals surface area contributed by atoms with Gasteiger partial charge in [-0.25, -0.2) is 0 Å². The molecule has 76 valence electrons. The van der Waals surface area contributed by atoms with Gasteiger partial charge in [-0.3, -0.25) is 0 Å². The van der Waals surface area contributed by atoms with E-state index in [0.29, 0.717) is 13.1 Å². The quantitative estimate of drug-likeness (QED) is 0.613. The van der Waals surface area contributed by atoms with Gasteiger partial charge in [-0.15, -0.1) is 0 Å². The summed E-state index contributed by atoms with van der Waals surface area (Å²) in [5.74, 6) is 0. The van der Waals surface area contributed by atoms with Crippen LogP contribution in [0.25, 0.3) is 0 Å². The maximum atomic E-state index is 10.1. The lowest BCUT2D eigenvalue weighted by atomic mass is 9.92. The van der Waals surface area contributed by atoms with E-state index in [1.165, 1.54) is 30.5 Å². The van der Waals surface area contributed by atoms with Crippen molar-refractivity contribution in [3.05, 3.63) is 23.0 Å². The van der Waals surface area contributed by atoms with E-state index in [1.54, 1.807) is 0 Å². The number of rotatable bonds is 1. The molecular weight excluding hydrogens is 176 g/mol. The number of aliphatic hydroxyl groups is 1. The monoisotopic (exact) mass is 192 g/mol. The van der Waals surface area contributed by atoms with Gasteiger partial charge in [0.15, 0.2) is 0 Å². The standard InChI is InChI=1S/C11H16N2O/c14-11(6-12-7-11)10-5-8-3-1-2-4-9(8)13-10/h5,12-14H,1-4,6-7H2. The van der Waals surface area contributed by atoms with Crippen LogP contribution in [0.3, 0.4) is 0 Å². The summed E-state index contributed by atoms with van der Waals surface area (Å²) in [5, 5.41) is 13.2. The fourth-order valence-electron chi connectivity index (χ4n) is 2.41. The molecule has 1 aromatic rings. The highest BCUT2D eigenvalue weighted by atomic mass is 16.3. The first-order valence-electron chi connectivity index (χ1n) is 5.42. The van der Waals surface area contributed by atoms with Gasteiger partial charge in [-0.2, -0.15) is 0 Å². The van der Waals surface area contributed by atoms with Crippen LogP contribution in [-0.4, -0.2) is 23.2 Å². The van der Waals surface area contributed by atoms with Crippen molar-refractivity contribution in [2.45, 2.75) is 31.3 Å². The summed E-state index contributed by atoms with van der Waals surface area (Å²) in [6.07, 6.45) is 4.90. The van der Waals surface area contributed by atoms with Gasteiger partial charge >= 0.3 is 0 Å². The van der Waals surface area contributed by atoms with E-state index in [2.05, 4.69) is 16.4 Å². The van der Waals surface area contributed by atoms with E-state index in [9.17, 15) is 5.11 Å². The molecule has 1 aliphatic carbocycles. The number of aromatic amines is 1. The molecule has 1 fully saturated rings. The second-order valence-electron chi connectivity index (χ2n) is 4.53. The SMILES string of the molecule is OC1(c2cc3c([nH]2)CCCC3)CNC1. The maximum Gasteiger partial charge on any atom is 0.129 e. The highest BCUT2D eigenvalue weighted by Gasteiger charge is 2.38. The molecule has 1 saturated heterocycles. The van der Waals surface area contributed by atoms with Gasteiger partial charge in [0.1, 0.15) is 5.60 Å². The predicted molar refractivity (Wildman–Crippen MR) is 54.2 cm³/mol. The molecule has 0 atom stereocenters. The van der Waals surface area contributed by atoms with Gasteiger partial charge < -0.3 is 15.4 Å². The molecule has 1 aromatic heterocycles. The van der Waals surface area contributed by atoms with Crippen molar-refractivity contribution in [3.8, 4) is 0 Å². The van der Waals surface area contributed by atoms with Crippen LogP contribution in [0, 0.1) is 0 Å². The Morgan fingerprint density at radius 1 is 1.21 bits per heavy atom. The third-order valence-electron chi connectivity index (χ3n) is 3.45. The summed E-state index contributed by atoms with van der Waals surface area (Å²) in [6, 6.07) is 2.16. The van der Waals surface area contributed by atoms with Crippen molar-refractivity contribution < 1.29 is 5.11 Å². The molecule has 0 amide bonds. The second-order valence-corrected chi connectivity index (χ2v) is 4.53. The van der Waals surface area contributed by atoms with Crippen molar-refractivity contribution in [2.24, 2.45) is 0 Å². The third kappa shape index (κ3) is 1.12. The van der Waals surface area contributed by atoms with Gasteiger partial charge in [0, 0.05) is 18.8 Å². The minimum Gasteiger partial charge on any atom is -0.381 e. The summed E-state index contributed by atoms with van der Waals surface area (Å²) < 4.78 is 0. The van der Waals surface area contributed by atoms with E-state index in [4.69, 9.17) is 0 Å². The van der Waals surface area contributed by atoms with Crippen LogP contribution in [0.1, 0.15) is 29.8 Å². The van der Waals surface area contributed by atoms with Crippen LogP contribution in [0.15, 0.2) is 6.07 Å². The summed E-state index contributed by atoms with van der Waals surface area (Å²) in [5.41, 5.74) is 3.18. The Balaban J connectivity index is 1.95. The van der Waals surface area contributed by atoms with Gasteiger partial charge in [-0.1, -0.05) is 0 Å². The first kappa shape index (κ1) is 8.50. The molecule has 0 saturated carbocycles. The Morgan fingerprint density at radius 3 is 2.64 bits per heavy atom. The molecule has 2 aliphatic rings. The van der Waals surface area contributed by atoms with E-state index in [1.807, 2.05) is 0 Å². The van der Waals surface area contributed by atoms with E-state index < -0.39 is 5.60 Å². The second kappa shape index (κ2) is 2.84. The Labute approximate surface area is 83.5 Å². The molecule has 0 unspecified atom stereocenters. The lowest BCUT2D eigenvalue weighted by Crippen LogP contribution is -2.56. The summed E-state index contributed by atoms with van der Waals surface area (Å²) in [7, 11) is 0. The number of nitrogens with one attached hydrogen (secondary N) is 2. The highest BCUT2D eigenvalue weighted by molar-refractivity contribution is 5.32. The lowest BCUT2D eigenvalue weighted by Gasteiger charge is -2.36. The number of β-amino-alcohol motifs (C(OH)–C–C–N with tert-alkyl or cyclic N) is 1. The number of H-pyrrole nitrogens is 1. The van der Waals surface area contributed by atoms with Gasteiger partial charge in [0.05, 0.1) is 5.69 Å². The van der Waals surface area contributed by atoms with Crippen LogP contribution >= 0.6 is 0 Å². The molecule has 1 aliphatic heterocycles. The van der Waals surface area contributed by atoms with Gasteiger partial charge in [0.2, 0.25) is 0 Å². The van der Waals surface area contributed by atoms with Crippen molar-refractivity contribution in [1.29, 1.82) is 0 Å². The van der Waals surface area contributed by atoms with Crippen LogP contribution in [-0.2, 0) is 18.4 Å². The van der Waals surface area contributed by atoms with Crippen LogP contribution in [0.2, 0.25) is 0 Å². The zero-order valence-electron chi connectivity index (χ0n) is 8.27. The van der Waals surface area contributed by atoms with Crippen LogP contribution in [0.4, 0.5) is 0 Å². The van der Waals surface area contributed by atoms with Crippen LogP contribution in [0.5, 0.6) is 0 Å². The average molecular weight is 192 g/mol. The molecule has 2 heterocycles. The molecule has 0 spiro atoms. The fourth-order valence-corrected chi connectivity index (χ4v) is 2.41. The maximum absolute atomic E-state index is 10.1. The first-order chi connectivity index (χ1) is 6.78. The topological polar surface area (TPSA) is 48.0 Å². The van der Waals surface area contributed by atoms with Gasteiger partial charge in [-0.05, 0) is 37.3 Å². The summed E-state index contributed by atoms with van der Waals surface area (Å²) in [6.45, 7) is 1.37. The molecule has 14 heavy (non-hydrogen) atoms. The smallest absolute Gasteiger partial charge is 0.129 e. The Morgan fingerprint density at radius 2 is 2.00 bits per heavy atom. The molecule has 0 aromatic carbocycles. The molecule has 3 rings (SSSR count). The van der Waals surface area contributed by atoms with E-state index in [0.717, 1.165) is 12.1 Å². The molecule has 3 N–H and O–H groups in total. The Kier molecular flexibility index (Phi) is 1.73. The number of aromatic nitrogens is 1. The Bertz CT molecular complexity index is 329. The van der Waals surface area contributed by atoms with Crippen molar-refractivity contribution in [3.63, 3.8) is 0 Å². The largest absolute Gasteiger partial charge is 0.381 e. The molecule has 3 nitrogen and oxygen atoms in total. The number of fused-ring (bicyclic) bond motifs is 1. The fraction of sp³-hybridized carbons (Fsp3) is 0.636. The molecule has 0 bridgehead atoms. The normalized spacial score (nSPS) is 24.1. The van der Waals surface area contributed by atoms with E-state index in [-0.39, 0.29) is 0 Å². The number of hydrogen-bond donors (Lipinski definition) is 3. The van der Waals surface area contributed by atoms with Crippen molar-refractivity contribution >= 4 is 0 Å². The van der Waals surface area contributed by atoms with Crippen LogP contribution < -0.4 is 5.32 Å². The summed E-state index contributed by atoms with van der Waals surface area (Å²) >= 11 is 0. The number of aryl methyl sites for hydroxylation is 2. The zero-order chi connectivity index (χ0) is 9.60. The minimum atomic E-state index is -0.614. The number of hydrogen-bond acceptors (Lipinski definition) is 2. The lowest BCUT2D eigenvalue weighted by molar-refractivity contribution is -0.0182.